The van der Waals surface area contributed by atoms with Gasteiger partial charge in [0, 0.05) is 11.4 Å². The molecule has 0 fully saturated rings. The number of benzene rings is 1. The predicted octanol–water partition coefficient (Wildman–Crippen LogP) is 4.11. The van der Waals surface area contributed by atoms with Crippen LogP contribution >= 0.6 is 23.1 Å². The number of thiophene rings is 1. The van der Waals surface area contributed by atoms with Gasteiger partial charge in [-0.2, -0.15) is 0 Å². The second kappa shape index (κ2) is 8.32. The average molecular weight is 428 g/mol. The molecule has 0 saturated carbocycles. The minimum absolute atomic E-state index is 0.0247. The molecule has 0 unspecified atom stereocenters. The standard InChI is InChI=1S/C22H25N3O2S2/c1-13(2)11-23-18(26)12-28-22-24-20-19(16-5-4-6-17(16)29-20)21(27)25(22)15-9-7-14(3)8-10-15/h7-10,13H,4-6,11-12H2,1-3H3,(H,23,26). The summed E-state index contributed by atoms with van der Waals surface area (Å²) in [5, 5.41) is 4.27. The van der Waals surface area contributed by atoms with Crippen LogP contribution in [0, 0.1) is 12.8 Å². The van der Waals surface area contributed by atoms with Crippen LogP contribution in [0.2, 0.25) is 0 Å². The topological polar surface area (TPSA) is 64.0 Å². The molecule has 0 atom stereocenters. The summed E-state index contributed by atoms with van der Waals surface area (Å²) in [6.07, 6.45) is 3.08. The summed E-state index contributed by atoms with van der Waals surface area (Å²) in [6.45, 7) is 6.80. The first-order valence-corrected chi connectivity index (χ1v) is 11.8. The second-order valence-electron chi connectivity index (χ2n) is 7.89. The monoisotopic (exact) mass is 427 g/mol. The van der Waals surface area contributed by atoms with E-state index < -0.39 is 0 Å². The van der Waals surface area contributed by atoms with E-state index in [1.54, 1.807) is 15.9 Å². The SMILES string of the molecule is Cc1ccc(-n2c(SCC(=O)NCC(C)C)nc3sc4c(c3c2=O)CCC4)cc1. The molecule has 0 radical (unpaired) electrons. The van der Waals surface area contributed by atoms with Crippen LogP contribution in [0.1, 0.15) is 36.3 Å². The summed E-state index contributed by atoms with van der Waals surface area (Å²) in [5.74, 6) is 0.599. The highest BCUT2D eigenvalue weighted by molar-refractivity contribution is 7.99. The third-order valence-corrected chi connectivity index (χ3v) is 7.16. The molecule has 1 aliphatic carbocycles. The Kier molecular flexibility index (Phi) is 5.79. The first-order valence-electron chi connectivity index (χ1n) is 9.98. The van der Waals surface area contributed by atoms with Crippen LogP contribution in [0.15, 0.2) is 34.2 Å². The number of aromatic nitrogens is 2. The number of thioether (sulfide) groups is 1. The summed E-state index contributed by atoms with van der Waals surface area (Å²) in [4.78, 5) is 32.7. The lowest BCUT2D eigenvalue weighted by Gasteiger charge is -2.13. The number of hydrogen-bond donors (Lipinski definition) is 1. The van der Waals surface area contributed by atoms with E-state index >= 15 is 0 Å². The van der Waals surface area contributed by atoms with Gasteiger partial charge in [-0.05, 0) is 49.8 Å². The van der Waals surface area contributed by atoms with Gasteiger partial charge in [0.15, 0.2) is 5.16 Å². The molecule has 4 rings (SSSR count). The molecule has 1 amide bonds. The van der Waals surface area contributed by atoms with Crippen molar-refractivity contribution in [2.45, 2.75) is 45.2 Å². The van der Waals surface area contributed by atoms with Crippen LogP contribution in [0.25, 0.3) is 15.9 Å². The highest BCUT2D eigenvalue weighted by atomic mass is 32.2. The maximum Gasteiger partial charge on any atom is 0.267 e. The molecule has 1 aliphatic rings. The Labute approximate surface area is 178 Å². The molecule has 2 heterocycles. The maximum atomic E-state index is 13.5. The van der Waals surface area contributed by atoms with E-state index in [4.69, 9.17) is 4.98 Å². The Bertz CT molecular complexity index is 1110. The van der Waals surface area contributed by atoms with Gasteiger partial charge in [-0.3, -0.25) is 14.2 Å². The van der Waals surface area contributed by atoms with Gasteiger partial charge in [0.2, 0.25) is 5.91 Å². The maximum absolute atomic E-state index is 13.5. The van der Waals surface area contributed by atoms with Gasteiger partial charge >= 0.3 is 0 Å². The fraction of sp³-hybridized carbons (Fsp3) is 0.409. The van der Waals surface area contributed by atoms with Crippen molar-refractivity contribution in [1.82, 2.24) is 14.9 Å². The van der Waals surface area contributed by atoms with E-state index in [2.05, 4.69) is 19.2 Å². The quantitative estimate of drug-likeness (QED) is 0.475. The van der Waals surface area contributed by atoms with Crippen molar-refractivity contribution in [2.24, 2.45) is 5.92 Å². The van der Waals surface area contributed by atoms with E-state index in [9.17, 15) is 9.59 Å². The highest BCUT2D eigenvalue weighted by Gasteiger charge is 2.24. The molecule has 29 heavy (non-hydrogen) atoms. The molecule has 0 saturated heterocycles. The zero-order chi connectivity index (χ0) is 20.5. The number of carbonyl (C=O) groups is 1. The number of nitrogens with zero attached hydrogens (tertiary/aromatic N) is 2. The number of aryl methyl sites for hydroxylation is 3. The molecular weight excluding hydrogens is 402 g/mol. The van der Waals surface area contributed by atoms with Crippen LogP contribution in [0.5, 0.6) is 0 Å². The Hall–Kier alpha value is -2.12. The minimum atomic E-state index is -0.0397. The molecule has 0 spiro atoms. The molecule has 1 N–H and O–H groups in total. The lowest BCUT2D eigenvalue weighted by Crippen LogP contribution is -2.29. The summed E-state index contributed by atoms with van der Waals surface area (Å²) < 4.78 is 1.67. The second-order valence-corrected chi connectivity index (χ2v) is 9.92. The molecule has 0 aliphatic heterocycles. The van der Waals surface area contributed by atoms with Crippen molar-refractivity contribution < 1.29 is 4.79 Å². The number of amides is 1. The number of carbonyl (C=O) groups excluding carboxylic acids is 1. The van der Waals surface area contributed by atoms with Gasteiger partial charge in [0.1, 0.15) is 4.83 Å². The molecule has 152 valence electrons. The highest BCUT2D eigenvalue weighted by Crippen LogP contribution is 2.36. The molecule has 1 aromatic carbocycles. The van der Waals surface area contributed by atoms with E-state index in [1.165, 1.54) is 22.2 Å². The van der Waals surface area contributed by atoms with Crippen LogP contribution in [-0.4, -0.2) is 27.8 Å². The Morgan fingerprint density at radius 2 is 2.03 bits per heavy atom. The summed E-state index contributed by atoms with van der Waals surface area (Å²) in [6, 6.07) is 7.88. The van der Waals surface area contributed by atoms with Gasteiger partial charge < -0.3 is 5.32 Å². The average Bonchev–Trinajstić information content (AvgIpc) is 3.26. The van der Waals surface area contributed by atoms with Crippen molar-refractivity contribution in [3.05, 3.63) is 50.6 Å². The van der Waals surface area contributed by atoms with E-state index in [0.29, 0.717) is 17.6 Å². The van der Waals surface area contributed by atoms with Crippen molar-refractivity contribution >= 4 is 39.2 Å². The smallest absolute Gasteiger partial charge is 0.267 e. The van der Waals surface area contributed by atoms with Crippen molar-refractivity contribution in [1.29, 1.82) is 0 Å². The van der Waals surface area contributed by atoms with E-state index in [1.807, 2.05) is 31.2 Å². The first-order chi connectivity index (χ1) is 13.9. The Balaban J connectivity index is 1.75. The predicted molar refractivity (Wildman–Crippen MR) is 121 cm³/mol. The number of rotatable bonds is 6. The minimum Gasteiger partial charge on any atom is -0.355 e. The summed E-state index contributed by atoms with van der Waals surface area (Å²) in [5.41, 5.74) is 3.07. The van der Waals surface area contributed by atoms with Gasteiger partial charge in [0.25, 0.3) is 5.56 Å². The van der Waals surface area contributed by atoms with E-state index in [-0.39, 0.29) is 17.2 Å². The normalized spacial score (nSPS) is 13.2. The number of hydrogen-bond acceptors (Lipinski definition) is 5. The van der Waals surface area contributed by atoms with Crippen molar-refractivity contribution in [3.8, 4) is 5.69 Å². The lowest BCUT2D eigenvalue weighted by molar-refractivity contribution is -0.118. The van der Waals surface area contributed by atoms with Crippen molar-refractivity contribution in [2.75, 3.05) is 12.3 Å². The number of nitrogens with one attached hydrogen (secondary N) is 1. The third kappa shape index (κ3) is 4.12. The molecule has 3 aromatic rings. The van der Waals surface area contributed by atoms with Gasteiger partial charge in [-0.25, -0.2) is 4.98 Å². The van der Waals surface area contributed by atoms with E-state index in [0.717, 1.165) is 40.7 Å². The summed E-state index contributed by atoms with van der Waals surface area (Å²) in [7, 11) is 0. The largest absolute Gasteiger partial charge is 0.355 e. The summed E-state index contributed by atoms with van der Waals surface area (Å²) >= 11 is 2.95. The zero-order valence-corrected chi connectivity index (χ0v) is 18.6. The first kappa shape index (κ1) is 20.2. The Morgan fingerprint density at radius 3 is 2.76 bits per heavy atom. The molecule has 5 nitrogen and oxygen atoms in total. The molecular formula is C22H25N3O2S2. The van der Waals surface area contributed by atoms with Crippen LogP contribution in [0.4, 0.5) is 0 Å². The lowest BCUT2D eigenvalue weighted by atomic mass is 10.2. The third-order valence-electron chi connectivity index (χ3n) is 5.04. The fourth-order valence-electron chi connectivity index (χ4n) is 3.54. The fourth-order valence-corrected chi connectivity index (χ4v) is 5.69. The molecule has 2 aromatic heterocycles. The van der Waals surface area contributed by atoms with Crippen LogP contribution in [0.3, 0.4) is 0 Å². The Morgan fingerprint density at radius 1 is 1.28 bits per heavy atom. The van der Waals surface area contributed by atoms with Gasteiger partial charge in [-0.15, -0.1) is 11.3 Å². The van der Waals surface area contributed by atoms with Gasteiger partial charge in [0.05, 0.1) is 16.8 Å². The van der Waals surface area contributed by atoms with Crippen LogP contribution in [-0.2, 0) is 17.6 Å². The zero-order valence-electron chi connectivity index (χ0n) is 16.9. The van der Waals surface area contributed by atoms with Gasteiger partial charge in [-0.1, -0.05) is 43.3 Å². The molecule has 0 bridgehead atoms. The number of fused-ring (bicyclic) bond motifs is 3. The van der Waals surface area contributed by atoms with Crippen molar-refractivity contribution in [3.63, 3.8) is 0 Å². The van der Waals surface area contributed by atoms with Crippen LogP contribution < -0.4 is 10.9 Å². The molecule has 7 heteroatoms.